The van der Waals surface area contributed by atoms with Crippen LogP contribution in [0.25, 0.3) is 0 Å². The van der Waals surface area contributed by atoms with Crippen molar-refractivity contribution >= 4 is 7.85 Å². The van der Waals surface area contributed by atoms with Crippen LogP contribution in [0.3, 0.4) is 0 Å². The van der Waals surface area contributed by atoms with E-state index in [2.05, 4.69) is 0 Å². The first-order valence-electron chi connectivity index (χ1n) is 4.68. The predicted octanol–water partition coefficient (Wildman–Crippen LogP) is 1.26. The second-order valence-corrected chi connectivity index (χ2v) is 3.89. The zero-order valence-electron chi connectivity index (χ0n) is 7.62. The van der Waals surface area contributed by atoms with Gasteiger partial charge in [-0.05, 0) is 25.3 Å². The molecule has 0 aromatic carbocycles. The molecular formula is C10H13BO2. The van der Waals surface area contributed by atoms with Gasteiger partial charge in [0.1, 0.15) is 14.5 Å². The molecule has 0 aromatic rings. The highest BCUT2D eigenvalue weighted by Gasteiger charge is 2.41. The maximum absolute atomic E-state index is 9.52. The highest BCUT2D eigenvalue weighted by atomic mass is 16.5. The predicted molar refractivity (Wildman–Crippen MR) is 51.3 cm³/mol. The van der Waals surface area contributed by atoms with Crippen LogP contribution in [0.5, 0.6) is 0 Å². The van der Waals surface area contributed by atoms with Gasteiger partial charge in [0.25, 0.3) is 0 Å². The van der Waals surface area contributed by atoms with Gasteiger partial charge < -0.3 is 9.84 Å². The molecule has 0 aliphatic heterocycles. The van der Waals surface area contributed by atoms with E-state index in [1.54, 1.807) is 0 Å². The fraction of sp³-hybridized carbons (Fsp3) is 0.600. The average molecular weight is 176 g/mol. The van der Waals surface area contributed by atoms with Gasteiger partial charge >= 0.3 is 0 Å². The smallest absolute Gasteiger partial charge is 0.116 e. The van der Waals surface area contributed by atoms with E-state index in [1.165, 1.54) is 0 Å². The molecule has 0 heterocycles. The summed E-state index contributed by atoms with van der Waals surface area (Å²) in [7, 11) is 5.60. The quantitative estimate of drug-likeness (QED) is 0.656. The summed E-state index contributed by atoms with van der Waals surface area (Å²) in [6, 6.07) is 0. The molecule has 0 saturated heterocycles. The van der Waals surface area contributed by atoms with E-state index >= 15 is 0 Å². The zero-order chi connectivity index (χ0) is 9.31. The van der Waals surface area contributed by atoms with Gasteiger partial charge in [0.15, 0.2) is 0 Å². The molecule has 0 unspecified atom stereocenters. The summed E-state index contributed by atoms with van der Waals surface area (Å²) in [5.74, 6) is 0.939. The first-order chi connectivity index (χ1) is 6.18. The summed E-state index contributed by atoms with van der Waals surface area (Å²) in [6.45, 7) is 0.437. The van der Waals surface area contributed by atoms with Crippen molar-refractivity contribution in [3.63, 3.8) is 0 Å². The third-order valence-electron chi connectivity index (χ3n) is 2.50. The van der Waals surface area contributed by atoms with Gasteiger partial charge in [0.2, 0.25) is 0 Å². The average Bonchev–Trinajstić information content (AvgIpc) is 2.84. The second-order valence-electron chi connectivity index (χ2n) is 3.89. The lowest BCUT2D eigenvalue weighted by molar-refractivity contribution is 0.0496. The Morgan fingerprint density at radius 3 is 2.69 bits per heavy atom. The van der Waals surface area contributed by atoms with Gasteiger partial charge in [0, 0.05) is 6.42 Å². The Bertz CT molecular complexity index is 264. The van der Waals surface area contributed by atoms with E-state index < -0.39 is 5.60 Å². The van der Waals surface area contributed by atoms with Gasteiger partial charge in [-0.25, -0.2) is 0 Å². The molecule has 2 rings (SSSR count). The Kier molecular flexibility index (Phi) is 2.20. The lowest BCUT2D eigenvalue weighted by Crippen LogP contribution is -2.16. The highest BCUT2D eigenvalue weighted by Crippen LogP contribution is 2.36. The topological polar surface area (TPSA) is 29.5 Å². The summed E-state index contributed by atoms with van der Waals surface area (Å²) < 4.78 is 5.47. The number of allylic oxidation sites excluding steroid dienone is 4. The molecule has 0 atom stereocenters. The minimum absolute atomic E-state index is 0.437. The third kappa shape index (κ3) is 2.37. The summed E-state index contributed by atoms with van der Waals surface area (Å²) in [6.07, 6.45) is 7.24. The number of aliphatic hydroxyl groups is 1. The zero-order valence-corrected chi connectivity index (χ0v) is 7.62. The summed E-state index contributed by atoms with van der Waals surface area (Å²) in [4.78, 5) is 0. The van der Waals surface area contributed by atoms with E-state index in [0.29, 0.717) is 6.61 Å². The molecule has 0 spiro atoms. The summed E-state index contributed by atoms with van der Waals surface area (Å²) >= 11 is 0. The molecule has 1 fully saturated rings. The van der Waals surface area contributed by atoms with E-state index in [-0.39, 0.29) is 0 Å². The molecule has 68 valence electrons. The van der Waals surface area contributed by atoms with Crippen LogP contribution in [0, 0.1) is 0 Å². The van der Waals surface area contributed by atoms with Crippen molar-refractivity contribution in [2.75, 3.05) is 6.61 Å². The van der Waals surface area contributed by atoms with E-state index in [0.717, 1.165) is 36.9 Å². The molecule has 2 aliphatic rings. The van der Waals surface area contributed by atoms with Gasteiger partial charge in [-0.1, -0.05) is 6.08 Å². The molecule has 2 radical (unpaired) electrons. The standard InChI is InChI=1S/C10H13BO2/c11-8-1-3-9(4-2-8)13-7-10(12)5-6-10/h1,3,12H,2,4-7H2. The van der Waals surface area contributed by atoms with E-state index in [9.17, 15) is 5.11 Å². The lowest BCUT2D eigenvalue weighted by Gasteiger charge is -2.16. The second kappa shape index (κ2) is 3.22. The van der Waals surface area contributed by atoms with Gasteiger partial charge in [0.05, 0.1) is 11.4 Å². The Morgan fingerprint density at radius 1 is 1.38 bits per heavy atom. The van der Waals surface area contributed by atoms with E-state index in [1.807, 2.05) is 12.2 Å². The van der Waals surface area contributed by atoms with Crippen LogP contribution in [0.4, 0.5) is 0 Å². The van der Waals surface area contributed by atoms with Crippen LogP contribution >= 0.6 is 0 Å². The molecule has 2 nitrogen and oxygen atoms in total. The minimum Gasteiger partial charge on any atom is -0.495 e. The number of ether oxygens (including phenoxy) is 1. The van der Waals surface area contributed by atoms with Crippen LogP contribution < -0.4 is 0 Å². The molecule has 2 aliphatic carbocycles. The van der Waals surface area contributed by atoms with Gasteiger partial charge in [-0.3, -0.25) is 0 Å². The fourth-order valence-electron chi connectivity index (χ4n) is 1.27. The number of rotatable bonds is 3. The van der Waals surface area contributed by atoms with Crippen molar-refractivity contribution in [3.05, 3.63) is 23.4 Å². The van der Waals surface area contributed by atoms with E-state index in [4.69, 9.17) is 12.6 Å². The fourth-order valence-corrected chi connectivity index (χ4v) is 1.27. The van der Waals surface area contributed by atoms with Crippen LogP contribution in [0.2, 0.25) is 0 Å². The Morgan fingerprint density at radius 2 is 2.15 bits per heavy atom. The maximum atomic E-state index is 9.52. The van der Waals surface area contributed by atoms with Crippen LogP contribution in [0.1, 0.15) is 25.7 Å². The lowest BCUT2D eigenvalue weighted by atomic mass is 9.88. The molecule has 0 aromatic heterocycles. The monoisotopic (exact) mass is 176 g/mol. The molecule has 1 N–H and O–H groups in total. The van der Waals surface area contributed by atoms with Crippen LogP contribution in [-0.2, 0) is 4.74 Å². The Balaban J connectivity index is 1.82. The SMILES string of the molecule is [B]C1=CC=C(OCC2(O)CC2)CC1. The molecule has 3 heteroatoms. The Labute approximate surface area is 79.7 Å². The molecular weight excluding hydrogens is 163 g/mol. The van der Waals surface area contributed by atoms with Crippen LogP contribution in [-0.4, -0.2) is 25.2 Å². The Hall–Kier alpha value is -0.695. The minimum atomic E-state index is -0.520. The van der Waals surface area contributed by atoms with Crippen molar-refractivity contribution in [3.8, 4) is 0 Å². The van der Waals surface area contributed by atoms with Crippen molar-refractivity contribution in [1.29, 1.82) is 0 Å². The van der Waals surface area contributed by atoms with Crippen molar-refractivity contribution in [1.82, 2.24) is 0 Å². The summed E-state index contributed by atoms with van der Waals surface area (Å²) in [5.41, 5.74) is 0.380. The molecule has 13 heavy (non-hydrogen) atoms. The van der Waals surface area contributed by atoms with Gasteiger partial charge in [-0.2, -0.15) is 0 Å². The summed E-state index contributed by atoms with van der Waals surface area (Å²) in [5, 5.41) is 9.52. The van der Waals surface area contributed by atoms with Gasteiger partial charge in [-0.15, -0.1) is 5.47 Å². The number of hydrogen-bond donors (Lipinski definition) is 1. The first-order valence-corrected chi connectivity index (χ1v) is 4.68. The van der Waals surface area contributed by atoms with Crippen molar-refractivity contribution < 1.29 is 9.84 Å². The normalized spacial score (nSPS) is 24.7. The van der Waals surface area contributed by atoms with Crippen molar-refractivity contribution in [2.45, 2.75) is 31.3 Å². The highest BCUT2D eigenvalue weighted by molar-refractivity contribution is 6.21. The maximum Gasteiger partial charge on any atom is 0.116 e. The molecule has 0 bridgehead atoms. The first kappa shape index (κ1) is 8.88. The largest absolute Gasteiger partial charge is 0.495 e. The molecule has 1 saturated carbocycles. The third-order valence-corrected chi connectivity index (χ3v) is 2.50. The van der Waals surface area contributed by atoms with Crippen molar-refractivity contribution in [2.24, 2.45) is 0 Å². The number of hydrogen-bond acceptors (Lipinski definition) is 2. The molecule has 0 amide bonds. The van der Waals surface area contributed by atoms with Crippen LogP contribution in [0.15, 0.2) is 23.4 Å².